The number of aryl methyl sites for hydroxylation is 1. The van der Waals surface area contributed by atoms with Crippen molar-refractivity contribution in [3.05, 3.63) is 58.6 Å². The number of nitrogens with zero attached hydrogens (tertiary/aromatic N) is 2. The van der Waals surface area contributed by atoms with E-state index in [2.05, 4.69) is 9.97 Å². The van der Waals surface area contributed by atoms with Crippen LogP contribution < -0.4 is 0 Å². The van der Waals surface area contributed by atoms with Crippen molar-refractivity contribution in [2.24, 2.45) is 0 Å². The van der Waals surface area contributed by atoms with Crippen LogP contribution in [0.1, 0.15) is 21.6 Å². The van der Waals surface area contributed by atoms with Gasteiger partial charge in [0, 0.05) is 29.2 Å². The minimum absolute atomic E-state index is 0.100. The summed E-state index contributed by atoms with van der Waals surface area (Å²) in [4.78, 5) is 19.9. The zero-order valence-electron chi connectivity index (χ0n) is 8.64. The first-order valence-corrected chi connectivity index (χ1v) is 5.13. The lowest BCUT2D eigenvalue weighted by Crippen LogP contribution is -2.02. The van der Waals surface area contributed by atoms with Crippen LogP contribution in [0.5, 0.6) is 0 Å². The third-order valence-electron chi connectivity index (χ3n) is 2.16. The van der Waals surface area contributed by atoms with Gasteiger partial charge in [-0.15, -0.1) is 0 Å². The third kappa shape index (κ3) is 2.25. The minimum Gasteiger partial charge on any atom is -0.288 e. The maximum atomic E-state index is 11.9. The molecule has 2 rings (SSSR count). The van der Waals surface area contributed by atoms with Crippen LogP contribution in [0.2, 0.25) is 5.15 Å². The number of carbonyl (C=O) groups is 1. The highest BCUT2D eigenvalue weighted by atomic mass is 35.5. The Kier molecular flexibility index (Phi) is 2.97. The van der Waals surface area contributed by atoms with Crippen LogP contribution in [0.15, 0.2) is 36.7 Å². The summed E-state index contributed by atoms with van der Waals surface area (Å²) in [6, 6.07) is 6.80. The third-order valence-corrected chi connectivity index (χ3v) is 2.39. The van der Waals surface area contributed by atoms with Crippen molar-refractivity contribution in [2.45, 2.75) is 6.92 Å². The molecule has 0 fully saturated rings. The van der Waals surface area contributed by atoms with Gasteiger partial charge in [0.05, 0.1) is 0 Å². The fourth-order valence-corrected chi connectivity index (χ4v) is 1.39. The quantitative estimate of drug-likeness (QED) is 0.591. The van der Waals surface area contributed by atoms with Crippen molar-refractivity contribution in [2.75, 3.05) is 0 Å². The smallest absolute Gasteiger partial charge is 0.196 e. The first-order chi connectivity index (χ1) is 7.66. The highest BCUT2D eigenvalue weighted by Gasteiger charge is 2.09. The molecule has 0 N–H and O–H groups in total. The standard InChI is InChI=1S/C12H9ClN2O/c1-8-2-3-9(6-14-8)12(16)10-4-5-11(13)15-7-10/h2-7H,1H3. The molecule has 3 nitrogen and oxygen atoms in total. The number of hydrogen-bond donors (Lipinski definition) is 0. The molecule has 2 heterocycles. The lowest BCUT2D eigenvalue weighted by atomic mass is 10.1. The van der Waals surface area contributed by atoms with E-state index >= 15 is 0 Å². The molecule has 0 spiro atoms. The maximum absolute atomic E-state index is 11.9. The van der Waals surface area contributed by atoms with Crippen LogP contribution in [0, 0.1) is 6.92 Å². The van der Waals surface area contributed by atoms with Gasteiger partial charge in [0.2, 0.25) is 0 Å². The maximum Gasteiger partial charge on any atom is 0.196 e. The van der Waals surface area contributed by atoms with Crippen LogP contribution in [0.25, 0.3) is 0 Å². The molecule has 80 valence electrons. The Hall–Kier alpha value is -1.74. The Bertz CT molecular complexity index is 458. The SMILES string of the molecule is Cc1ccc(C(=O)c2ccc(Cl)nc2)cn1. The number of ketones is 1. The largest absolute Gasteiger partial charge is 0.288 e. The first-order valence-electron chi connectivity index (χ1n) is 4.76. The predicted molar refractivity (Wildman–Crippen MR) is 61.7 cm³/mol. The number of pyridine rings is 2. The Morgan fingerprint density at radius 1 is 1.06 bits per heavy atom. The molecule has 0 amide bonds. The highest BCUT2D eigenvalue weighted by molar-refractivity contribution is 6.29. The van der Waals surface area contributed by atoms with Gasteiger partial charge < -0.3 is 0 Å². The molecule has 0 bridgehead atoms. The summed E-state index contributed by atoms with van der Waals surface area (Å²) in [7, 11) is 0. The van der Waals surface area contributed by atoms with Crippen molar-refractivity contribution in [1.82, 2.24) is 9.97 Å². The van der Waals surface area contributed by atoms with Gasteiger partial charge in [-0.25, -0.2) is 4.98 Å². The normalized spacial score (nSPS) is 10.1. The molecular weight excluding hydrogens is 224 g/mol. The van der Waals surface area contributed by atoms with Crippen molar-refractivity contribution >= 4 is 17.4 Å². The summed E-state index contributed by atoms with van der Waals surface area (Å²) in [6.45, 7) is 1.87. The molecule has 2 aromatic heterocycles. The summed E-state index contributed by atoms with van der Waals surface area (Å²) in [5, 5.41) is 0.374. The number of carbonyl (C=O) groups excluding carboxylic acids is 1. The van der Waals surface area contributed by atoms with E-state index in [1.54, 1.807) is 30.5 Å². The van der Waals surface area contributed by atoms with E-state index < -0.39 is 0 Å². The summed E-state index contributed by atoms with van der Waals surface area (Å²) < 4.78 is 0. The lowest BCUT2D eigenvalue weighted by molar-refractivity contribution is 0.103. The Balaban J connectivity index is 2.32. The van der Waals surface area contributed by atoms with Gasteiger partial charge in [0.1, 0.15) is 5.15 Å². The predicted octanol–water partition coefficient (Wildman–Crippen LogP) is 2.67. The van der Waals surface area contributed by atoms with Gasteiger partial charge in [-0.1, -0.05) is 11.6 Å². The van der Waals surface area contributed by atoms with E-state index in [0.717, 1.165) is 5.69 Å². The summed E-state index contributed by atoms with van der Waals surface area (Å²) in [5.74, 6) is -0.100. The van der Waals surface area contributed by atoms with Crippen molar-refractivity contribution < 1.29 is 4.79 Å². The fourth-order valence-electron chi connectivity index (χ4n) is 1.28. The molecular formula is C12H9ClN2O. The van der Waals surface area contributed by atoms with Crippen LogP contribution >= 0.6 is 11.6 Å². The second-order valence-electron chi connectivity index (χ2n) is 3.39. The molecule has 16 heavy (non-hydrogen) atoms. The highest BCUT2D eigenvalue weighted by Crippen LogP contribution is 2.10. The zero-order valence-corrected chi connectivity index (χ0v) is 9.40. The van der Waals surface area contributed by atoms with E-state index in [0.29, 0.717) is 16.3 Å². The van der Waals surface area contributed by atoms with E-state index in [-0.39, 0.29) is 5.78 Å². The van der Waals surface area contributed by atoms with Crippen LogP contribution in [-0.2, 0) is 0 Å². The average Bonchev–Trinajstić information content (AvgIpc) is 2.30. The van der Waals surface area contributed by atoms with Gasteiger partial charge in [-0.3, -0.25) is 9.78 Å². The first kappa shape index (κ1) is 10.8. The molecule has 0 aromatic carbocycles. The molecule has 0 atom stereocenters. The molecule has 0 saturated heterocycles. The van der Waals surface area contributed by atoms with E-state index in [1.165, 1.54) is 6.20 Å². The van der Waals surface area contributed by atoms with E-state index in [4.69, 9.17) is 11.6 Å². The van der Waals surface area contributed by atoms with Gasteiger partial charge >= 0.3 is 0 Å². The topological polar surface area (TPSA) is 42.9 Å². The zero-order chi connectivity index (χ0) is 11.5. The number of rotatable bonds is 2. The van der Waals surface area contributed by atoms with Crippen molar-refractivity contribution in [3.8, 4) is 0 Å². The molecule has 0 aliphatic heterocycles. The van der Waals surface area contributed by atoms with E-state index in [9.17, 15) is 4.79 Å². The second-order valence-corrected chi connectivity index (χ2v) is 3.77. The molecule has 0 saturated carbocycles. The molecule has 0 aliphatic rings. The van der Waals surface area contributed by atoms with E-state index in [1.807, 2.05) is 6.92 Å². The number of aromatic nitrogens is 2. The molecule has 4 heteroatoms. The second kappa shape index (κ2) is 4.41. The van der Waals surface area contributed by atoms with Gasteiger partial charge in [0.25, 0.3) is 0 Å². The monoisotopic (exact) mass is 232 g/mol. The average molecular weight is 233 g/mol. The number of hydrogen-bond acceptors (Lipinski definition) is 3. The Labute approximate surface area is 98.1 Å². The van der Waals surface area contributed by atoms with Crippen molar-refractivity contribution in [3.63, 3.8) is 0 Å². The molecule has 0 aliphatic carbocycles. The molecule has 0 unspecified atom stereocenters. The summed E-state index contributed by atoms with van der Waals surface area (Å²) >= 11 is 5.65. The number of halogens is 1. The van der Waals surface area contributed by atoms with Gasteiger partial charge in [-0.2, -0.15) is 0 Å². The fraction of sp³-hybridized carbons (Fsp3) is 0.0833. The Morgan fingerprint density at radius 3 is 2.19 bits per heavy atom. The van der Waals surface area contributed by atoms with Crippen LogP contribution in [0.3, 0.4) is 0 Å². The van der Waals surface area contributed by atoms with Crippen LogP contribution in [-0.4, -0.2) is 15.8 Å². The summed E-state index contributed by atoms with van der Waals surface area (Å²) in [5.41, 5.74) is 1.94. The molecule has 2 aromatic rings. The Morgan fingerprint density at radius 2 is 1.69 bits per heavy atom. The lowest BCUT2D eigenvalue weighted by Gasteiger charge is -2.00. The van der Waals surface area contributed by atoms with Gasteiger partial charge in [-0.05, 0) is 31.2 Å². The minimum atomic E-state index is -0.100. The van der Waals surface area contributed by atoms with Crippen LogP contribution in [0.4, 0.5) is 0 Å². The summed E-state index contributed by atoms with van der Waals surface area (Å²) in [6.07, 6.45) is 3.02. The van der Waals surface area contributed by atoms with Gasteiger partial charge in [0.15, 0.2) is 5.78 Å². The molecule has 0 radical (unpaired) electrons. The van der Waals surface area contributed by atoms with Crippen molar-refractivity contribution in [1.29, 1.82) is 0 Å².